The van der Waals surface area contributed by atoms with Gasteiger partial charge in [0.1, 0.15) is 0 Å². The van der Waals surface area contributed by atoms with Crippen LogP contribution in [0, 0.1) is 0 Å². The van der Waals surface area contributed by atoms with E-state index in [1.165, 1.54) is 7.11 Å². The van der Waals surface area contributed by atoms with Crippen LogP contribution in [0.5, 0.6) is 0 Å². The molecule has 1 unspecified atom stereocenters. The molecule has 4 nitrogen and oxygen atoms in total. The summed E-state index contributed by atoms with van der Waals surface area (Å²) in [5.74, 6) is -0.166. The molecule has 0 aromatic carbocycles. The molecule has 1 aromatic rings. The van der Waals surface area contributed by atoms with Crippen molar-refractivity contribution in [1.29, 1.82) is 0 Å². The van der Waals surface area contributed by atoms with E-state index in [4.69, 9.17) is 0 Å². The molecule has 78 valence electrons. The second-order valence-electron chi connectivity index (χ2n) is 3.10. The van der Waals surface area contributed by atoms with Crippen molar-refractivity contribution in [3.05, 3.63) is 24.0 Å². The van der Waals surface area contributed by atoms with Crippen LogP contribution in [0.3, 0.4) is 0 Å². The molecule has 0 bridgehead atoms. The van der Waals surface area contributed by atoms with Gasteiger partial charge in [0, 0.05) is 24.9 Å². The van der Waals surface area contributed by atoms with Crippen molar-refractivity contribution in [2.24, 2.45) is 0 Å². The third-order valence-electron chi connectivity index (χ3n) is 2.24. The van der Waals surface area contributed by atoms with Crippen molar-refractivity contribution in [3.63, 3.8) is 0 Å². The van der Waals surface area contributed by atoms with Crippen LogP contribution in [0.1, 0.15) is 24.4 Å². The first kappa shape index (κ1) is 10.8. The molecule has 0 aliphatic carbocycles. The number of aromatic amines is 1. The number of carbonyl (C=O) groups is 1. The molecule has 1 heterocycles. The van der Waals surface area contributed by atoms with Crippen LogP contribution >= 0.6 is 0 Å². The van der Waals surface area contributed by atoms with Gasteiger partial charge < -0.3 is 15.0 Å². The van der Waals surface area contributed by atoms with Crippen LogP contribution in [0.25, 0.3) is 0 Å². The zero-order valence-electron chi connectivity index (χ0n) is 8.54. The van der Waals surface area contributed by atoms with Gasteiger partial charge >= 0.3 is 5.97 Å². The lowest BCUT2D eigenvalue weighted by molar-refractivity contribution is -0.140. The third kappa shape index (κ3) is 2.88. The minimum absolute atomic E-state index is 0.166. The highest BCUT2D eigenvalue weighted by atomic mass is 16.5. The summed E-state index contributed by atoms with van der Waals surface area (Å²) in [6, 6.07) is 2.21. The zero-order chi connectivity index (χ0) is 10.4. The van der Waals surface area contributed by atoms with Crippen LogP contribution in [-0.2, 0) is 9.53 Å². The van der Waals surface area contributed by atoms with Crippen LogP contribution in [0.4, 0.5) is 0 Å². The smallest absolute Gasteiger partial charge is 0.305 e. The van der Waals surface area contributed by atoms with Gasteiger partial charge in [0.25, 0.3) is 0 Å². The maximum atomic E-state index is 10.9. The van der Waals surface area contributed by atoms with Gasteiger partial charge in [-0.05, 0) is 25.1 Å². The van der Waals surface area contributed by atoms with E-state index in [1.807, 2.05) is 25.5 Å². The van der Waals surface area contributed by atoms with Crippen LogP contribution < -0.4 is 5.32 Å². The molecule has 0 spiro atoms. The predicted octanol–water partition coefficient (Wildman–Crippen LogP) is 1.23. The topological polar surface area (TPSA) is 54.1 Å². The third-order valence-corrected chi connectivity index (χ3v) is 2.24. The minimum Gasteiger partial charge on any atom is -0.469 e. The number of carbonyl (C=O) groups excluding carboxylic acids is 1. The molecule has 0 radical (unpaired) electrons. The van der Waals surface area contributed by atoms with Gasteiger partial charge in [-0.15, -0.1) is 0 Å². The monoisotopic (exact) mass is 196 g/mol. The summed E-state index contributed by atoms with van der Waals surface area (Å²) in [6.07, 6.45) is 4.99. The molecule has 0 aliphatic rings. The van der Waals surface area contributed by atoms with Crippen LogP contribution in [-0.4, -0.2) is 25.1 Å². The predicted molar refractivity (Wildman–Crippen MR) is 53.8 cm³/mol. The highest BCUT2D eigenvalue weighted by molar-refractivity contribution is 5.69. The second-order valence-corrected chi connectivity index (χ2v) is 3.10. The van der Waals surface area contributed by atoms with Gasteiger partial charge in [0.05, 0.1) is 7.11 Å². The first-order chi connectivity index (χ1) is 6.77. The van der Waals surface area contributed by atoms with E-state index >= 15 is 0 Å². The number of methoxy groups -OCH3 is 1. The van der Waals surface area contributed by atoms with Crippen molar-refractivity contribution in [2.45, 2.75) is 18.9 Å². The summed E-state index contributed by atoms with van der Waals surface area (Å²) in [6.45, 7) is 0. The Kier molecular flexibility index (Phi) is 4.19. The van der Waals surface area contributed by atoms with Gasteiger partial charge in [-0.1, -0.05) is 0 Å². The van der Waals surface area contributed by atoms with Gasteiger partial charge in [0.15, 0.2) is 0 Å². The Labute approximate surface area is 83.7 Å². The van der Waals surface area contributed by atoms with Gasteiger partial charge in [-0.25, -0.2) is 0 Å². The maximum Gasteiger partial charge on any atom is 0.305 e. The van der Waals surface area contributed by atoms with Crippen molar-refractivity contribution in [3.8, 4) is 0 Å². The number of rotatable bonds is 5. The Morgan fingerprint density at radius 3 is 3.00 bits per heavy atom. The first-order valence-corrected chi connectivity index (χ1v) is 4.64. The van der Waals surface area contributed by atoms with Crippen molar-refractivity contribution in [1.82, 2.24) is 10.3 Å². The highest BCUT2D eigenvalue weighted by Crippen LogP contribution is 2.17. The number of H-pyrrole nitrogens is 1. The van der Waals surface area contributed by atoms with Crippen molar-refractivity contribution in [2.75, 3.05) is 14.2 Å². The Morgan fingerprint density at radius 1 is 1.71 bits per heavy atom. The summed E-state index contributed by atoms with van der Waals surface area (Å²) >= 11 is 0. The molecule has 2 N–H and O–H groups in total. The van der Waals surface area contributed by atoms with Gasteiger partial charge in [-0.2, -0.15) is 0 Å². The van der Waals surface area contributed by atoms with E-state index in [1.54, 1.807) is 0 Å². The van der Waals surface area contributed by atoms with E-state index in [-0.39, 0.29) is 12.0 Å². The molecular formula is C10H16N2O2. The van der Waals surface area contributed by atoms with Crippen LogP contribution in [0.2, 0.25) is 0 Å². The van der Waals surface area contributed by atoms with E-state index in [0.29, 0.717) is 6.42 Å². The lowest BCUT2D eigenvalue weighted by Gasteiger charge is -2.13. The Hall–Kier alpha value is -1.29. The Bertz CT molecular complexity index is 270. The number of aromatic nitrogens is 1. The van der Waals surface area contributed by atoms with Gasteiger partial charge in [-0.3, -0.25) is 4.79 Å². The molecule has 0 fully saturated rings. The normalized spacial score (nSPS) is 12.4. The standard InChI is InChI=1S/C10H16N2O2/c1-11-9(3-4-10(13)14-2)8-5-6-12-7-8/h5-7,9,11-12H,3-4H2,1-2H3. The Balaban J connectivity index is 2.44. The molecule has 0 saturated carbocycles. The first-order valence-electron chi connectivity index (χ1n) is 4.64. The lowest BCUT2D eigenvalue weighted by Crippen LogP contribution is -2.17. The quantitative estimate of drug-likeness (QED) is 0.696. The zero-order valence-corrected chi connectivity index (χ0v) is 8.54. The molecule has 0 amide bonds. The van der Waals surface area contributed by atoms with Gasteiger partial charge in [0.2, 0.25) is 0 Å². The summed E-state index contributed by atoms with van der Waals surface area (Å²) < 4.78 is 4.59. The summed E-state index contributed by atoms with van der Waals surface area (Å²) in [4.78, 5) is 13.9. The molecule has 1 rings (SSSR count). The number of nitrogens with one attached hydrogen (secondary N) is 2. The molecule has 4 heteroatoms. The van der Waals surface area contributed by atoms with E-state index < -0.39 is 0 Å². The fourth-order valence-corrected chi connectivity index (χ4v) is 1.40. The number of esters is 1. The maximum absolute atomic E-state index is 10.9. The fourth-order valence-electron chi connectivity index (χ4n) is 1.40. The van der Waals surface area contributed by atoms with Crippen LogP contribution in [0.15, 0.2) is 18.5 Å². The molecule has 0 saturated heterocycles. The number of ether oxygens (including phenoxy) is 1. The summed E-state index contributed by atoms with van der Waals surface area (Å²) in [7, 11) is 3.29. The summed E-state index contributed by atoms with van der Waals surface area (Å²) in [5.41, 5.74) is 1.16. The van der Waals surface area contributed by atoms with Crippen molar-refractivity contribution >= 4 is 5.97 Å². The molecule has 1 atom stereocenters. The largest absolute Gasteiger partial charge is 0.469 e. The SMILES string of the molecule is CNC(CCC(=O)OC)c1cc[nH]c1. The molecular weight excluding hydrogens is 180 g/mol. The number of hydrogen-bond donors (Lipinski definition) is 2. The average molecular weight is 196 g/mol. The Morgan fingerprint density at radius 2 is 2.50 bits per heavy atom. The average Bonchev–Trinajstić information content (AvgIpc) is 2.72. The van der Waals surface area contributed by atoms with Crippen molar-refractivity contribution < 1.29 is 9.53 Å². The van der Waals surface area contributed by atoms with E-state index in [9.17, 15) is 4.79 Å². The second kappa shape index (κ2) is 5.44. The number of hydrogen-bond acceptors (Lipinski definition) is 3. The summed E-state index contributed by atoms with van der Waals surface area (Å²) in [5, 5.41) is 3.16. The molecule has 1 aromatic heterocycles. The highest BCUT2D eigenvalue weighted by Gasteiger charge is 2.11. The lowest BCUT2D eigenvalue weighted by atomic mass is 10.1. The molecule has 14 heavy (non-hydrogen) atoms. The van der Waals surface area contributed by atoms with E-state index in [2.05, 4.69) is 15.0 Å². The molecule has 0 aliphatic heterocycles. The minimum atomic E-state index is -0.166. The van der Waals surface area contributed by atoms with E-state index in [0.717, 1.165) is 12.0 Å². The fraction of sp³-hybridized carbons (Fsp3) is 0.500.